The molecule has 0 unspecified atom stereocenters. The van der Waals surface area contributed by atoms with Crippen LogP contribution in [0, 0.1) is 0 Å². The largest absolute Gasteiger partial charge is 0.493 e. The van der Waals surface area contributed by atoms with E-state index in [4.69, 9.17) is 14.7 Å². The fourth-order valence-corrected chi connectivity index (χ4v) is 4.27. The zero-order valence-electron chi connectivity index (χ0n) is 20.0. The zero-order chi connectivity index (χ0) is 25.5. The smallest absolute Gasteiger partial charge is 0.234 e. The predicted molar refractivity (Wildman–Crippen MR) is 140 cm³/mol. The number of hydrogen-bond acceptors (Lipinski definition) is 8. The van der Waals surface area contributed by atoms with Crippen LogP contribution in [0.3, 0.4) is 0 Å². The Balaban J connectivity index is 1.56. The van der Waals surface area contributed by atoms with Crippen molar-refractivity contribution >= 4 is 29.1 Å². The highest BCUT2D eigenvalue weighted by Crippen LogP contribution is 2.34. The Morgan fingerprint density at radius 2 is 1.72 bits per heavy atom. The molecular weight excluding hydrogens is 478 g/mol. The van der Waals surface area contributed by atoms with E-state index in [-0.39, 0.29) is 11.7 Å². The van der Waals surface area contributed by atoms with Crippen molar-refractivity contribution in [2.75, 3.05) is 25.3 Å². The van der Waals surface area contributed by atoms with Crippen LogP contribution >= 0.6 is 11.8 Å². The van der Waals surface area contributed by atoms with E-state index in [2.05, 4.69) is 20.7 Å². The van der Waals surface area contributed by atoms with Crippen LogP contribution in [0.5, 0.6) is 11.5 Å². The van der Waals surface area contributed by atoms with Crippen LogP contribution in [0.2, 0.25) is 0 Å². The normalized spacial score (nSPS) is 11.2. The van der Waals surface area contributed by atoms with Crippen molar-refractivity contribution in [3.8, 4) is 28.6 Å². The molecule has 4 rings (SSSR count). The van der Waals surface area contributed by atoms with Crippen LogP contribution in [0.15, 0.2) is 83.1 Å². The van der Waals surface area contributed by atoms with Gasteiger partial charge in [-0.2, -0.15) is 0 Å². The van der Waals surface area contributed by atoms with E-state index in [0.29, 0.717) is 33.9 Å². The third-order valence-corrected chi connectivity index (χ3v) is 6.29. The first-order valence-corrected chi connectivity index (χ1v) is 12.0. The summed E-state index contributed by atoms with van der Waals surface area (Å²) in [4.78, 5) is 12.7. The number of anilines is 1. The van der Waals surface area contributed by atoms with E-state index >= 15 is 0 Å². The second kappa shape index (κ2) is 11.4. The molecule has 0 atom stereocenters. The number of oxime groups is 1. The number of thioether (sulfide) groups is 1. The number of benzene rings is 3. The fraction of sp³-hybridized carbons (Fsp3) is 0.154. The molecule has 184 valence electrons. The number of para-hydroxylation sites is 1. The molecule has 4 aromatic rings. The Morgan fingerprint density at radius 1 is 1.00 bits per heavy atom. The number of nitrogens with zero attached hydrogens (tertiary/aromatic N) is 4. The van der Waals surface area contributed by atoms with Gasteiger partial charge in [-0.15, -0.1) is 10.2 Å². The topological polar surface area (TPSA) is 111 Å². The minimum atomic E-state index is -0.185. The van der Waals surface area contributed by atoms with Crippen LogP contribution in [-0.4, -0.2) is 51.6 Å². The van der Waals surface area contributed by atoms with Crippen molar-refractivity contribution in [1.29, 1.82) is 0 Å². The van der Waals surface area contributed by atoms with E-state index in [0.717, 1.165) is 16.8 Å². The number of methoxy groups -OCH3 is 2. The van der Waals surface area contributed by atoms with Crippen molar-refractivity contribution in [2.24, 2.45) is 5.16 Å². The number of aromatic nitrogens is 3. The number of hydrogen-bond donors (Lipinski definition) is 2. The molecule has 2 N–H and O–H groups in total. The van der Waals surface area contributed by atoms with Crippen LogP contribution < -0.4 is 14.8 Å². The summed E-state index contributed by atoms with van der Waals surface area (Å²) in [7, 11) is 3.17. The van der Waals surface area contributed by atoms with Gasteiger partial charge in [0.1, 0.15) is 0 Å². The summed E-state index contributed by atoms with van der Waals surface area (Å²) in [5.74, 6) is 1.76. The molecular formula is C26H25N5O4S. The Hall–Kier alpha value is -4.31. The van der Waals surface area contributed by atoms with E-state index < -0.39 is 0 Å². The molecule has 0 aliphatic rings. The first-order valence-electron chi connectivity index (χ1n) is 11.0. The van der Waals surface area contributed by atoms with Gasteiger partial charge in [0, 0.05) is 16.9 Å². The lowest BCUT2D eigenvalue weighted by atomic mass is 10.1. The number of nitrogens with one attached hydrogen (secondary N) is 1. The molecule has 0 spiro atoms. The third kappa shape index (κ3) is 5.49. The van der Waals surface area contributed by atoms with Gasteiger partial charge in [-0.25, -0.2) is 0 Å². The average Bonchev–Trinajstić information content (AvgIpc) is 3.36. The van der Waals surface area contributed by atoms with Crippen LogP contribution in [0.1, 0.15) is 12.5 Å². The Morgan fingerprint density at radius 3 is 2.39 bits per heavy atom. The van der Waals surface area contributed by atoms with Crippen molar-refractivity contribution in [2.45, 2.75) is 12.1 Å². The monoisotopic (exact) mass is 503 g/mol. The Kier molecular flexibility index (Phi) is 7.86. The van der Waals surface area contributed by atoms with Gasteiger partial charge in [0.05, 0.1) is 25.7 Å². The number of carbonyl (C=O) groups is 1. The fourth-order valence-electron chi connectivity index (χ4n) is 3.52. The van der Waals surface area contributed by atoms with Crippen LogP contribution in [0.4, 0.5) is 5.69 Å². The molecule has 3 aromatic carbocycles. The lowest BCUT2D eigenvalue weighted by molar-refractivity contribution is -0.113. The van der Waals surface area contributed by atoms with Crippen LogP contribution in [-0.2, 0) is 4.79 Å². The van der Waals surface area contributed by atoms with Gasteiger partial charge in [-0.05, 0) is 55.0 Å². The second-order valence-corrected chi connectivity index (χ2v) is 8.59. The molecule has 0 radical (unpaired) electrons. The van der Waals surface area contributed by atoms with E-state index in [1.54, 1.807) is 45.4 Å². The molecule has 36 heavy (non-hydrogen) atoms. The van der Waals surface area contributed by atoms with Gasteiger partial charge in [0.15, 0.2) is 22.5 Å². The van der Waals surface area contributed by atoms with Gasteiger partial charge in [0.25, 0.3) is 0 Å². The van der Waals surface area contributed by atoms with Gasteiger partial charge in [-0.1, -0.05) is 47.2 Å². The first kappa shape index (κ1) is 24.8. The summed E-state index contributed by atoms with van der Waals surface area (Å²) >= 11 is 1.28. The third-order valence-electron chi connectivity index (χ3n) is 5.36. The number of carbonyl (C=O) groups excluding carboxylic acids is 1. The molecule has 0 bridgehead atoms. The van der Waals surface area contributed by atoms with Crippen LogP contribution in [0.25, 0.3) is 17.1 Å². The maximum absolute atomic E-state index is 12.7. The summed E-state index contributed by atoms with van der Waals surface area (Å²) in [5, 5.41) is 24.3. The number of ether oxygens (including phenoxy) is 2. The van der Waals surface area contributed by atoms with Gasteiger partial charge >= 0.3 is 0 Å². The molecule has 0 fully saturated rings. The minimum absolute atomic E-state index is 0.135. The van der Waals surface area contributed by atoms with Crippen molar-refractivity contribution < 1.29 is 19.5 Å². The molecule has 1 amide bonds. The Labute approximate surface area is 212 Å². The van der Waals surface area contributed by atoms with Crippen molar-refractivity contribution in [3.63, 3.8) is 0 Å². The van der Waals surface area contributed by atoms with Gasteiger partial charge in [-0.3, -0.25) is 9.36 Å². The quantitative estimate of drug-likeness (QED) is 0.145. The molecule has 0 saturated carbocycles. The SMILES string of the molecule is COc1ccc(-c2nnc(SCC(=O)Nc3ccc(/C(C)=N\O)cc3)n2-c2ccccc2)cc1OC. The van der Waals surface area contributed by atoms with Crippen molar-refractivity contribution in [1.82, 2.24) is 14.8 Å². The molecule has 0 aliphatic carbocycles. The summed E-state index contributed by atoms with van der Waals surface area (Å²) in [6.07, 6.45) is 0. The average molecular weight is 504 g/mol. The lowest BCUT2D eigenvalue weighted by Gasteiger charge is -2.12. The van der Waals surface area contributed by atoms with Gasteiger partial charge in [0.2, 0.25) is 5.91 Å². The molecule has 10 heteroatoms. The highest BCUT2D eigenvalue weighted by Gasteiger charge is 2.19. The van der Waals surface area contributed by atoms with E-state index in [1.165, 1.54) is 11.8 Å². The van der Waals surface area contributed by atoms with Gasteiger partial charge < -0.3 is 20.0 Å². The highest BCUT2D eigenvalue weighted by atomic mass is 32.2. The predicted octanol–water partition coefficient (Wildman–Crippen LogP) is 4.88. The Bertz CT molecular complexity index is 1370. The summed E-state index contributed by atoms with van der Waals surface area (Å²) in [5.41, 5.74) is 3.57. The van der Waals surface area contributed by atoms with E-state index in [1.807, 2.05) is 53.1 Å². The molecule has 0 saturated heterocycles. The van der Waals surface area contributed by atoms with E-state index in [9.17, 15) is 4.79 Å². The first-order chi connectivity index (χ1) is 17.5. The zero-order valence-corrected chi connectivity index (χ0v) is 20.8. The number of rotatable bonds is 9. The second-order valence-electron chi connectivity index (χ2n) is 7.65. The standard InChI is InChI=1S/C26H25N5O4S/c1-17(30-33)18-9-12-20(13-10-18)27-24(32)16-36-26-29-28-25(31(26)21-7-5-4-6-8-21)19-11-14-22(34-2)23(15-19)35-3/h4-15,33H,16H2,1-3H3,(H,27,32)/b30-17-. The summed E-state index contributed by atoms with van der Waals surface area (Å²) in [6.45, 7) is 1.70. The molecule has 1 aromatic heterocycles. The summed E-state index contributed by atoms with van der Waals surface area (Å²) in [6, 6.07) is 22.3. The molecule has 1 heterocycles. The lowest BCUT2D eigenvalue weighted by Crippen LogP contribution is -2.14. The minimum Gasteiger partial charge on any atom is -0.493 e. The molecule has 0 aliphatic heterocycles. The summed E-state index contributed by atoms with van der Waals surface area (Å²) < 4.78 is 12.7. The maximum Gasteiger partial charge on any atom is 0.234 e. The number of amides is 1. The highest BCUT2D eigenvalue weighted by molar-refractivity contribution is 7.99. The maximum atomic E-state index is 12.7. The molecule has 9 nitrogen and oxygen atoms in total. The van der Waals surface area contributed by atoms with Crippen molar-refractivity contribution in [3.05, 3.63) is 78.4 Å².